The molecule has 0 fully saturated rings. The zero-order valence-electron chi connectivity index (χ0n) is 13.7. The standard InChI is InChI=1S/C18H19O6P/c1-3-18(19)23-24-25(20,21-2)22-14-17(15-10-6-4-7-11-15)16-12-8-5-9-13-16/h3-13,17H,1,14H2,2H3. The maximum atomic E-state index is 12.4. The van der Waals surface area contributed by atoms with Gasteiger partial charge in [-0.2, -0.15) is 0 Å². The van der Waals surface area contributed by atoms with E-state index in [1.165, 1.54) is 0 Å². The predicted octanol–water partition coefficient (Wildman–Crippen LogP) is 4.25. The summed E-state index contributed by atoms with van der Waals surface area (Å²) in [7, 11) is -2.91. The molecule has 0 aliphatic carbocycles. The Morgan fingerprint density at radius 3 is 2.04 bits per heavy atom. The molecule has 2 aromatic carbocycles. The van der Waals surface area contributed by atoms with E-state index in [9.17, 15) is 9.36 Å². The van der Waals surface area contributed by atoms with Gasteiger partial charge in [0.05, 0.1) is 6.61 Å². The molecule has 0 radical (unpaired) electrons. The van der Waals surface area contributed by atoms with Crippen molar-refractivity contribution in [3.05, 3.63) is 84.4 Å². The third-order valence-electron chi connectivity index (χ3n) is 3.40. The normalized spacial score (nSPS) is 13.2. The smallest absolute Gasteiger partial charge is 0.288 e. The lowest BCUT2D eigenvalue weighted by Crippen LogP contribution is -2.11. The van der Waals surface area contributed by atoms with E-state index in [-0.39, 0.29) is 12.5 Å². The minimum absolute atomic E-state index is 0.00475. The molecule has 2 rings (SSSR count). The van der Waals surface area contributed by atoms with Crippen molar-refractivity contribution in [3.63, 3.8) is 0 Å². The number of hydrogen-bond acceptors (Lipinski definition) is 6. The van der Waals surface area contributed by atoms with Crippen molar-refractivity contribution in [1.29, 1.82) is 0 Å². The first kappa shape index (κ1) is 19.1. The maximum absolute atomic E-state index is 12.4. The van der Waals surface area contributed by atoms with E-state index in [0.717, 1.165) is 24.3 Å². The van der Waals surface area contributed by atoms with Crippen molar-refractivity contribution >= 4 is 13.8 Å². The van der Waals surface area contributed by atoms with Crippen LogP contribution in [-0.4, -0.2) is 19.7 Å². The average Bonchev–Trinajstić information content (AvgIpc) is 2.68. The molecular weight excluding hydrogens is 343 g/mol. The van der Waals surface area contributed by atoms with Gasteiger partial charge >= 0.3 is 13.8 Å². The fourth-order valence-electron chi connectivity index (χ4n) is 2.14. The van der Waals surface area contributed by atoms with Crippen molar-refractivity contribution in [2.24, 2.45) is 0 Å². The monoisotopic (exact) mass is 362 g/mol. The highest BCUT2D eigenvalue weighted by Gasteiger charge is 2.30. The second-order valence-electron chi connectivity index (χ2n) is 4.98. The Hall–Kier alpha value is -2.24. The molecule has 1 atom stereocenters. The van der Waals surface area contributed by atoms with Gasteiger partial charge in [-0.15, -0.1) is 0 Å². The topological polar surface area (TPSA) is 71.1 Å². The lowest BCUT2D eigenvalue weighted by Gasteiger charge is -2.20. The summed E-state index contributed by atoms with van der Waals surface area (Å²) < 4.78 is 27.0. The first-order valence-electron chi connectivity index (χ1n) is 7.51. The highest BCUT2D eigenvalue weighted by Crippen LogP contribution is 2.50. The van der Waals surface area contributed by atoms with Crippen LogP contribution in [0.2, 0.25) is 0 Å². The molecule has 0 heterocycles. The zero-order valence-corrected chi connectivity index (χ0v) is 14.6. The molecule has 2 aromatic rings. The SMILES string of the molecule is C=CC(=O)OOP(=O)(OC)OCC(c1ccccc1)c1ccccc1. The summed E-state index contributed by atoms with van der Waals surface area (Å²) in [4.78, 5) is 15.4. The molecule has 0 aliphatic heterocycles. The van der Waals surface area contributed by atoms with Crippen molar-refractivity contribution in [2.45, 2.75) is 5.92 Å². The van der Waals surface area contributed by atoms with Crippen LogP contribution in [0.3, 0.4) is 0 Å². The number of hydrogen-bond donors (Lipinski definition) is 0. The van der Waals surface area contributed by atoms with Gasteiger partial charge in [0.1, 0.15) is 0 Å². The fraction of sp³-hybridized carbons (Fsp3) is 0.167. The minimum atomic E-state index is -4.05. The first-order chi connectivity index (χ1) is 12.1. The number of phosphoric ester groups is 1. The quantitative estimate of drug-likeness (QED) is 0.287. The van der Waals surface area contributed by atoms with Gasteiger partial charge in [0.15, 0.2) is 0 Å². The Labute approximate surface area is 146 Å². The van der Waals surface area contributed by atoms with E-state index >= 15 is 0 Å². The lowest BCUT2D eigenvalue weighted by atomic mass is 9.92. The summed E-state index contributed by atoms with van der Waals surface area (Å²) in [5.41, 5.74) is 1.94. The van der Waals surface area contributed by atoms with E-state index in [1.807, 2.05) is 60.7 Å². The second kappa shape index (κ2) is 9.30. The minimum Gasteiger partial charge on any atom is -0.288 e. The highest BCUT2D eigenvalue weighted by atomic mass is 31.2. The molecule has 7 heteroatoms. The predicted molar refractivity (Wildman–Crippen MR) is 92.7 cm³/mol. The Kier molecular flexibility index (Phi) is 7.10. The Morgan fingerprint density at radius 2 is 1.60 bits per heavy atom. The molecule has 132 valence electrons. The molecule has 0 aromatic heterocycles. The van der Waals surface area contributed by atoms with Crippen molar-refractivity contribution in [2.75, 3.05) is 13.7 Å². The van der Waals surface area contributed by atoms with Crippen LogP contribution in [0.1, 0.15) is 17.0 Å². The van der Waals surface area contributed by atoms with Gasteiger partial charge < -0.3 is 0 Å². The molecule has 0 amide bonds. The van der Waals surface area contributed by atoms with Crippen LogP contribution in [0, 0.1) is 0 Å². The second-order valence-corrected chi connectivity index (χ2v) is 6.65. The maximum Gasteiger partial charge on any atom is 0.510 e. The van der Waals surface area contributed by atoms with Crippen LogP contribution in [0.15, 0.2) is 73.3 Å². The number of benzene rings is 2. The van der Waals surface area contributed by atoms with Crippen LogP contribution < -0.4 is 0 Å². The van der Waals surface area contributed by atoms with Gasteiger partial charge in [0.25, 0.3) is 0 Å². The van der Waals surface area contributed by atoms with E-state index in [2.05, 4.69) is 16.1 Å². The van der Waals surface area contributed by atoms with Crippen LogP contribution in [0.4, 0.5) is 0 Å². The van der Waals surface area contributed by atoms with Gasteiger partial charge in [-0.3, -0.25) is 13.9 Å². The number of carbonyl (C=O) groups excluding carboxylic acids is 1. The Morgan fingerprint density at radius 1 is 1.08 bits per heavy atom. The van der Waals surface area contributed by atoms with Crippen LogP contribution >= 0.6 is 7.82 Å². The summed E-state index contributed by atoms with van der Waals surface area (Å²) >= 11 is 0. The van der Waals surface area contributed by atoms with Gasteiger partial charge in [-0.25, -0.2) is 9.36 Å². The average molecular weight is 362 g/mol. The van der Waals surface area contributed by atoms with Gasteiger partial charge in [0, 0.05) is 19.1 Å². The van der Waals surface area contributed by atoms with E-state index in [1.54, 1.807) is 0 Å². The summed E-state index contributed by atoms with van der Waals surface area (Å²) in [6, 6.07) is 19.2. The Bertz CT molecular complexity index is 692. The van der Waals surface area contributed by atoms with E-state index in [0.29, 0.717) is 0 Å². The molecule has 0 N–H and O–H groups in total. The Balaban J connectivity index is 2.15. The molecule has 0 aliphatic rings. The fourth-order valence-corrected chi connectivity index (χ4v) is 2.85. The highest BCUT2D eigenvalue weighted by molar-refractivity contribution is 7.48. The van der Waals surface area contributed by atoms with Crippen LogP contribution in [0.5, 0.6) is 0 Å². The third kappa shape index (κ3) is 5.66. The molecule has 6 nitrogen and oxygen atoms in total. The largest absolute Gasteiger partial charge is 0.510 e. The lowest BCUT2D eigenvalue weighted by molar-refractivity contribution is -0.218. The number of phosphoric acid groups is 1. The molecule has 0 saturated carbocycles. The first-order valence-corrected chi connectivity index (χ1v) is 8.97. The molecule has 25 heavy (non-hydrogen) atoms. The third-order valence-corrected chi connectivity index (χ3v) is 4.57. The van der Waals surface area contributed by atoms with Gasteiger partial charge in [-0.05, 0) is 11.1 Å². The number of carbonyl (C=O) groups is 1. The van der Waals surface area contributed by atoms with Crippen molar-refractivity contribution < 1.29 is 28.0 Å². The summed E-state index contributed by atoms with van der Waals surface area (Å²) in [6.45, 7) is 3.22. The van der Waals surface area contributed by atoms with Gasteiger partial charge in [0.2, 0.25) is 0 Å². The zero-order chi connectivity index (χ0) is 18.1. The molecule has 0 saturated heterocycles. The summed E-state index contributed by atoms with van der Waals surface area (Å²) in [6.07, 6.45) is 0.872. The molecule has 1 unspecified atom stereocenters. The summed E-state index contributed by atoms with van der Waals surface area (Å²) in [5, 5.41) is 0. The van der Waals surface area contributed by atoms with Gasteiger partial charge in [-0.1, -0.05) is 71.9 Å². The van der Waals surface area contributed by atoms with Crippen molar-refractivity contribution in [3.8, 4) is 0 Å². The van der Waals surface area contributed by atoms with Crippen LogP contribution in [0.25, 0.3) is 0 Å². The van der Waals surface area contributed by atoms with E-state index in [4.69, 9.17) is 9.05 Å². The summed E-state index contributed by atoms with van der Waals surface area (Å²) in [5.74, 6) is -1.10. The van der Waals surface area contributed by atoms with E-state index < -0.39 is 13.8 Å². The number of rotatable bonds is 9. The molecule has 0 bridgehead atoms. The molecule has 0 spiro atoms. The van der Waals surface area contributed by atoms with Crippen LogP contribution in [-0.2, 0) is 28.0 Å². The molecular formula is C18H19O6P. The van der Waals surface area contributed by atoms with Crippen molar-refractivity contribution in [1.82, 2.24) is 0 Å².